The van der Waals surface area contributed by atoms with Crippen LogP contribution in [0.3, 0.4) is 0 Å². The van der Waals surface area contributed by atoms with Crippen molar-refractivity contribution in [2.45, 2.75) is 37.0 Å². The number of carbonyl (C=O) groups excluding carboxylic acids is 1. The molecular formula is C33H32F3N11OS2. The highest BCUT2D eigenvalue weighted by Gasteiger charge is 2.31. The zero-order valence-corrected chi connectivity index (χ0v) is 29.2. The van der Waals surface area contributed by atoms with Crippen LogP contribution in [0.1, 0.15) is 32.9 Å². The van der Waals surface area contributed by atoms with Gasteiger partial charge in [-0.3, -0.25) is 4.79 Å². The number of benzene rings is 2. The number of carbonyl (C=O) groups is 1. The SMILES string of the molecule is CSc1cc(-n2nc(C)cc2N)ncn1.CSc1cc(-n2nc(C)cc2Nc2cc(NC(=O)c3cccc(C(F)(F)F)c3)ccc2C)ncn1. The van der Waals surface area contributed by atoms with Gasteiger partial charge in [0.05, 0.1) is 17.0 Å². The van der Waals surface area contributed by atoms with E-state index in [1.807, 2.05) is 51.5 Å². The molecule has 0 bridgehead atoms. The monoisotopic (exact) mass is 719 g/mol. The zero-order chi connectivity index (χ0) is 36.0. The Morgan fingerprint density at radius 2 is 1.40 bits per heavy atom. The molecule has 6 rings (SSSR count). The number of nitrogen functional groups attached to an aromatic ring is 1. The van der Waals surface area contributed by atoms with Crippen LogP contribution in [-0.4, -0.2) is 57.9 Å². The van der Waals surface area contributed by atoms with E-state index in [1.54, 1.807) is 45.4 Å². The van der Waals surface area contributed by atoms with Crippen molar-refractivity contribution in [1.29, 1.82) is 0 Å². The lowest BCUT2D eigenvalue weighted by atomic mass is 10.1. The number of hydrogen-bond donors (Lipinski definition) is 3. The molecule has 4 heterocycles. The second-order valence-electron chi connectivity index (χ2n) is 10.7. The van der Waals surface area contributed by atoms with Crippen LogP contribution in [0.15, 0.2) is 89.4 Å². The van der Waals surface area contributed by atoms with Gasteiger partial charge in [0.2, 0.25) is 0 Å². The highest BCUT2D eigenvalue weighted by Crippen LogP contribution is 2.30. The molecule has 4 N–H and O–H groups in total. The van der Waals surface area contributed by atoms with Crippen LogP contribution in [0.2, 0.25) is 0 Å². The van der Waals surface area contributed by atoms with Gasteiger partial charge in [0.1, 0.15) is 34.3 Å². The summed E-state index contributed by atoms with van der Waals surface area (Å²) in [5, 5.41) is 16.4. The lowest BCUT2D eigenvalue weighted by molar-refractivity contribution is -0.137. The van der Waals surface area contributed by atoms with Crippen molar-refractivity contribution < 1.29 is 18.0 Å². The number of nitrogens with two attached hydrogens (primary N) is 1. The van der Waals surface area contributed by atoms with Gasteiger partial charge in [0, 0.05) is 41.2 Å². The van der Waals surface area contributed by atoms with Gasteiger partial charge < -0.3 is 16.4 Å². The molecule has 0 fully saturated rings. The number of aromatic nitrogens is 8. The molecule has 50 heavy (non-hydrogen) atoms. The third-order valence-corrected chi connectivity index (χ3v) is 8.29. The first-order valence-electron chi connectivity index (χ1n) is 14.8. The van der Waals surface area contributed by atoms with Gasteiger partial charge in [-0.2, -0.15) is 32.7 Å². The highest BCUT2D eigenvalue weighted by atomic mass is 32.2. The quantitative estimate of drug-likeness (QED) is 0.107. The fourth-order valence-corrected chi connectivity index (χ4v) is 5.34. The molecule has 17 heteroatoms. The largest absolute Gasteiger partial charge is 0.416 e. The minimum atomic E-state index is -4.53. The van der Waals surface area contributed by atoms with Gasteiger partial charge in [0.25, 0.3) is 5.91 Å². The van der Waals surface area contributed by atoms with E-state index in [0.29, 0.717) is 34.6 Å². The fraction of sp³-hybridized carbons (Fsp3) is 0.182. The zero-order valence-electron chi connectivity index (χ0n) is 27.5. The molecule has 0 saturated heterocycles. The molecule has 0 aliphatic carbocycles. The molecular weight excluding hydrogens is 688 g/mol. The Kier molecular flexibility index (Phi) is 11.1. The van der Waals surface area contributed by atoms with Gasteiger partial charge in [-0.1, -0.05) is 12.1 Å². The van der Waals surface area contributed by atoms with E-state index >= 15 is 0 Å². The smallest absolute Gasteiger partial charge is 0.384 e. The topological polar surface area (TPSA) is 154 Å². The van der Waals surface area contributed by atoms with Crippen LogP contribution in [0.4, 0.5) is 36.2 Å². The molecule has 2 aromatic carbocycles. The summed E-state index contributed by atoms with van der Waals surface area (Å²) in [4.78, 5) is 29.3. The lowest BCUT2D eigenvalue weighted by Gasteiger charge is -2.14. The molecule has 12 nitrogen and oxygen atoms in total. The van der Waals surface area contributed by atoms with E-state index in [1.165, 1.54) is 36.5 Å². The van der Waals surface area contributed by atoms with E-state index < -0.39 is 17.6 Å². The van der Waals surface area contributed by atoms with Crippen molar-refractivity contribution in [2.75, 3.05) is 28.9 Å². The Labute approximate surface area is 294 Å². The van der Waals surface area contributed by atoms with Gasteiger partial charge in [-0.25, -0.2) is 19.9 Å². The van der Waals surface area contributed by atoms with Crippen molar-refractivity contribution in [2.24, 2.45) is 0 Å². The number of anilines is 4. The molecule has 0 unspecified atom stereocenters. The Morgan fingerprint density at radius 1 is 0.780 bits per heavy atom. The molecule has 1 amide bonds. The second kappa shape index (κ2) is 15.4. The predicted octanol–water partition coefficient (Wildman–Crippen LogP) is 7.29. The number of nitrogens with one attached hydrogen (secondary N) is 2. The summed E-state index contributed by atoms with van der Waals surface area (Å²) in [6, 6.07) is 16.8. The standard InChI is InChI=1S/C24H21F3N6OS.C9H11N5S/c1-14-7-8-18(30-23(34)16-5-4-6-17(10-16)24(25,26)27)11-19(14)31-21-9-15(2)32-33(21)20-12-22(35-3)29-13-28-20;1-6-3-7(10)14(13-6)8-4-9(15-2)12-5-11-8/h4-13,31H,1-3H3,(H,30,34);3-5H,10H2,1-2H3. The summed E-state index contributed by atoms with van der Waals surface area (Å²) >= 11 is 3.05. The van der Waals surface area contributed by atoms with Crippen molar-refractivity contribution in [3.05, 3.63) is 107 Å². The van der Waals surface area contributed by atoms with E-state index in [9.17, 15) is 18.0 Å². The van der Waals surface area contributed by atoms with E-state index in [-0.39, 0.29) is 5.56 Å². The third kappa shape index (κ3) is 8.78. The average molecular weight is 720 g/mol. The first-order valence-corrected chi connectivity index (χ1v) is 17.3. The molecule has 0 saturated carbocycles. The highest BCUT2D eigenvalue weighted by molar-refractivity contribution is 7.98. The summed E-state index contributed by atoms with van der Waals surface area (Å²) in [5.41, 5.74) is 8.47. The number of rotatable bonds is 8. The fourth-order valence-electron chi connectivity index (χ4n) is 4.59. The van der Waals surface area contributed by atoms with Crippen LogP contribution in [-0.2, 0) is 6.18 Å². The van der Waals surface area contributed by atoms with Crippen LogP contribution in [0.25, 0.3) is 11.6 Å². The first-order chi connectivity index (χ1) is 23.8. The number of thioether (sulfide) groups is 2. The second-order valence-corrected chi connectivity index (χ2v) is 12.4. The summed E-state index contributed by atoms with van der Waals surface area (Å²) < 4.78 is 42.3. The van der Waals surface area contributed by atoms with Crippen LogP contribution in [0.5, 0.6) is 0 Å². The molecule has 6 aromatic rings. The minimum absolute atomic E-state index is 0.0861. The Balaban J connectivity index is 0.000000269. The molecule has 0 spiro atoms. The van der Waals surface area contributed by atoms with Crippen molar-refractivity contribution in [1.82, 2.24) is 39.5 Å². The summed E-state index contributed by atoms with van der Waals surface area (Å²) in [7, 11) is 0. The Bertz CT molecular complexity index is 2130. The normalized spacial score (nSPS) is 11.1. The van der Waals surface area contributed by atoms with Crippen molar-refractivity contribution >= 4 is 52.4 Å². The van der Waals surface area contributed by atoms with E-state index in [0.717, 1.165) is 39.1 Å². The minimum Gasteiger partial charge on any atom is -0.384 e. The molecule has 0 aliphatic heterocycles. The molecule has 0 aliphatic rings. The molecule has 0 radical (unpaired) electrons. The number of nitrogens with zero attached hydrogens (tertiary/aromatic N) is 8. The number of halogens is 3. The third-order valence-electron chi connectivity index (χ3n) is 7.01. The van der Waals surface area contributed by atoms with Gasteiger partial charge >= 0.3 is 6.18 Å². The van der Waals surface area contributed by atoms with Gasteiger partial charge in [-0.05, 0) is 69.2 Å². The first kappa shape index (κ1) is 35.9. The van der Waals surface area contributed by atoms with Gasteiger partial charge in [-0.15, -0.1) is 23.5 Å². The Hall–Kier alpha value is -5.42. The summed E-state index contributed by atoms with van der Waals surface area (Å²) in [5.74, 6) is 1.87. The number of hydrogen-bond acceptors (Lipinski definition) is 11. The van der Waals surface area contributed by atoms with E-state index in [2.05, 4.69) is 40.8 Å². The van der Waals surface area contributed by atoms with Crippen LogP contribution in [0, 0.1) is 20.8 Å². The van der Waals surface area contributed by atoms with Crippen molar-refractivity contribution in [3.8, 4) is 11.6 Å². The number of aryl methyl sites for hydroxylation is 3. The maximum atomic E-state index is 13.0. The lowest BCUT2D eigenvalue weighted by Crippen LogP contribution is -2.14. The van der Waals surface area contributed by atoms with Crippen molar-refractivity contribution in [3.63, 3.8) is 0 Å². The maximum absolute atomic E-state index is 13.0. The molecule has 4 aromatic heterocycles. The predicted molar refractivity (Wildman–Crippen MR) is 190 cm³/mol. The number of alkyl halides is 3. The summed E-state index contributed by atoms with van der Waals surface area (Å²) in [6.07, 6.45) is 2.33. The Morgan fingerprint density at radius 3 is 2.00 bits per heavy atom. The van der Waals surface area contributed by atoms with E-state index in [4.69, 9.17) is 5.73 Å². The maximum Gasteiger partial charge on any atom is 0.416 e. The van der Waals surface area contributed by atoms with Gasteiger partial charge in [0.15, 0.2) is 11.6 Å². The number of amides is 1. The molecule has 258 valence electrons. The summed E-state index contributed by atoms with van der Waals surface area (Å²) in [6.45, 7) is 5.64. The van der Waals surface area contributed by atoms with Crippen LogP contribution < -0.4 is 16.4 Å². The average Bonchev–Trinajstić information content (AvgIpc) is 3.65. The molecule has 0 atom stereocenters. The van der Waals surface area contributed by atoms with Crippen LogP contribution >= 0.6 is 23.5 Å².